The molecule has 0 unspecified atom stereocenters. The molecule has 20 heavy (non-hydrogen) atoms. The van der Waals surface area contributed by atoms with Crippen LogP contribution in [0.3, 0.4) is 0 Å². The Morgan fingerprint density at radius 3 is 2.55 bits per heavy atom. The van der Waals surface area contributed by atoms with Gasteiger partial charge in [0, 0.05) is 0 Å². The van der Waals surface area contributed by atoms with Gasteiger partial charge in [-0.3, -0.25) is 4.79 Å². The Morgan fingerprint density at radius 2 is 2.00 bits per heavy atom. The number of amides is 1. The van der Waals surface area contributed by atoms with Gasteiger partial charge in [-0.2, -0.15) is 0 Å². The van der Waals surface area contributed by atoms with Gasteiger partial charge in [-0.1, -0.05) is 61.2 Å². The van der Waals surface area contributed by atoms with Gasteiger partial charge in [0.15, 0.2) is 4.34 Å². The van der Waals surface area contributed by atoms with E-state index in [0.29, 0.717) is 17.5 Å². The Kier molecular flexibility index (Phi) is 5.14. The Balaban J connectivity index is 1.93. The number of nitrogens with zero attached hydrogens (tertiary/aromatic N) is 2. The first-order chi connectivity index (χ1) is 9.58. The number of rotatable bonds is 5. The van der Waals surface area contributed by atoms with Crippen molar-refractivity contribution in [1.29, 1.82) is 0 Å². The molecule has 0 saturated heterocycles. The lowest BCUT2D eigenvalue weighted by molar-refractivity contribution is -0.115. The molecule has 0 spiro atoms. The molecular weight excluding hydrogens is 290 g/mol. The normalized spacial score (nSPS) is 10.8. The standard InChI is InChI=1S/C14H17N3OS2/c1-9(2)11-6-4-10(5-7-11)8-12(18)15-13-16-17-14(19-3)20-13/h4-7,9H,8H2,1-3H3,(H,15,16,18). The van der Waals surface area contributed by atoms with Gasteiger partial charge in [0.25, 0.3) is 0 Å². The largest absolute Gasteiger partial charge is 0.300 e. The average Bonchev–Trinajstić information content (AvgIpc) is 2.86. The van der Waals surface area contributed by atoms with Gasteiger partial charge in [0.1, 0.15) is 0 Å². The summed E-state index contributed by atoms with van der Waals surface area (Å²) < 4.78 is 0.849. The first-order valence-electron chi connectivity index (χ1n) is 6.34. The van der Waals surface area contributed by atoms with Gasteiger partial charge in [-0.05, 0) is 23.3 Å². The first kappa shape index (κ1) is 15.0. The summed E-state index contributed by atoms with van der Waals surface area (Å²) in [5, 5.41) is 11.2. The third-order valence-electron chi connectivity index (χ3n) is 2.84. The van der Waals surface area contributed by atoms with Crippen LogP contribution in [0.15, 0.2) is 28.6 Å². The van der Waals surface area contributed by atoms with Crippen molar-refractivity contribution in [3.63, 3.8) is 0 Å². The van der Waals surface area contributed by atoms with E-state index in [9.17, 15) is 4.79 Å². The van der Waals surface area contributed by atoms with Crippen LogP contribution in [0.2, 0.25) is 0 Å². The predicted octanol–water partition coefficient (Wildman–Crippen LogP) is 3.56. The maximum Gasteiger partial charge on any atom is 0.230 e. The highest BCUT2D eigenvalue weighted by molar-refractivity contribution is 8.00. The summed E-state index contributed by atoms with van der Waals surface area (Å²) in [6.45, 7) is 4.31. The first-order valence-corrected chi connectivity index (χ1v) is 8.39. The van der Waals surface area contributed by atoms with E-state index < -0.39 is 0 Å². The minimum atomic E-state index is -0.0638. The molecule has 6 heteroatoms. The van der Waals surface area contributed by atoms with E-state index in [0.717, 1.165) is 9.90 Å². The van der Waals surface area contributed by atoms with Gasteiger partial charge in [-0.25, -0.2) is 0 Å². The van der Waals surface area contributed by atoms with E-state index in [1.807, 2.05) is 18.4 Å². The Bertz CT molecular complexity index is 578. The summed E-state index contributed by atoms with van der Waals surface area (Å²) in [6.07, 6.45) is 2.29. The molecule has 4 nitrogen and oxygen atoms in total. The van der Waals surface area contributed by atoms with E-state index >= 15 is 0 Å². The number of nitrogens with one attached hydrogen (secondary N) is 1. The van der Waals surface area contributed by atoms with Crippen molar-refractivity contribution in [2.75, 3.05) is 11.6 Å². The van der Waals surface area contributed by atoms with E-state index in [-0.39, 0.29) is 5.91 Å². The summed E-state index contributed by atoms with van der Waals surface area (Å²) >= 11 is 2.91. The molecule has 2 aromatic rings. The second-order valence-electron chi connectivity index (χ2n) is 4.70. The Labute approximate surface area is 127 Å². The molecule has 0 radical (unpaired) electrons. The fraction of sp³-hybridized carbons (Fsp3) is 0.357. The zero-order valence-electron chi connectivity index (χ0n) is 11.7. The molecule has 0 atom stereocenters. The number of aromatic nitrogens is 2. The van der Waals surface area contributed by atoms with Crippen molar-refractivity contribution in [3.8, 4) is 0 Å². The lowest BCUT2D eigenvalue weighted by Gasteiger charge is -2.06. The summed E-state index contributed by atoms with van der Waals surface area (Å²) in [4.78, 5) is 11.9. The van der Waals surface area contributed by atoms with E-state index in [2.05, 4.69) is 41.5 Å². The second-order valence-corrected chi connectivity index (χ2v) is 6.73. The van der Waals surface area contributed by atoms with Crippen molar-refractivity contribution in [1.82, 2.24) is 10.2 Å². The maximum atomic E-state index is 11.9. The van der Waals surface area contributed by atoms with Crippen molar-refractivity contribution in [2.24, 2.45) is 0 Å². The highest BCUT2D eigenvalue weighted by atomic mass is 32.2. The van der Waals surface area contributed by atoms with E-state index in [1.54, 1.807) is 0 Å². The van der Waals surface area contributed by atoms with Crippen molar-refractivity contribution in [3.05, 3.63) is 35.4 Å². The number of carbonyl (C=O) groups excluding carboxylic acids is 1. The Morgan fingerprint density at radius 1 is 1.30 bits per heavy atom. The highest BCUT2D eigenvalue weighted by Gasteiger charge is 2.09. The number of carbonyl (C=O) groups is 1. The van der Waals surface area contributed by atoms with Crippen molar-refractivity contribution in [2.45, 2.75) is 30.5 Å². The van der Waals surface area contributed by atoms with Crippen molar-refractivity contribution >= 4 is 34.1 Å². The zero-order valence-corrected chi connectivity index (χ0v) is 13.3. The maximum absolute atomic E-state index is 11.9. The van der Waals surface area contributed by atoms with Crippen LogP contribution >= 0.6 is 23.1 Å². The fourth-order valence-electron chi connectivity index (χ4n) is 1.71. The monoisotopic (exact) mass is 307 g/mol. The minimum absolute atomic E-state index is 0.0638. The van der Waals surface area contributed by atoms with Crippen LogP contribution in [0.5, 0.6) is 0 Å². The molecule has 0 aliphatic rings. The molecule has 1 aromatic heterocycles. The average molecular weight is 307 g/mol. The van der Waals surface area contributed by atoms with Gasteiger partial charge in [0.05, 0.1) is 6.42 Å². The van der Waals surface area contributed by atoms with Crippen LogP contribution in [0.25, 0.3) is 0 Å². The van der Waals surface area contributed by atoms with Gasteiger partial charge in [-0.15, -0.1) is 10.2 Å². The van der Waals surface area contributed by atoms with Crippen LogP contribution in [-0.2, 0) is 11.2 Å². The van der Waals surface area contributed by atoms with Gasteiger partial charge in [0.2, 0.25) is 11.0 Å². The molecule has 1 aromatic carbocycles. The topological polar surface area (TPSA) is 54.9 Å². The summed E-state index contributed by atoms with van der Waals surface area (Å²) in [6, 6.07) is 8.15. The van der Waals surface area contributed by atoms with E-state index in [4.69, 9.17) is 0 Å². The molecule has 1 heterocycles. The Hall–Kier alpha value is -1.40. The van der Waals surface area contributed by atoms with Crippen molar-refractivity contribution < 1.29 is 4.79 Å². The molecule has 2 rings (SSSR count). The third kappa shape index (κ3) is 4.05. The van der Waals surface area contributed by atoms with Gasteiger partial charge < -0.3 is 5.32 Å². The zero-order chi connectivity index (χ0) is 14.5. The smallest absolute Gasteiger partial charge is 0.230 e. The number of thioether (sulfide) groups is 1. The molecule has 0 aliphatic heterocycles. The lowest BCUT2D eigenvalue weighted by Crippen LogP contribution is -2.14. The van der Waals surface area contributed by atoms with Crippen LogP contribution in [0.1, 0.15) is 30.9 Å². The molecule has 1 N–H and O–H groups in total. The number of anilines is 1. The lowest BCUT2D eigenvalue weighted by atomic mass is 10.0. The molecule has 0 saturated carbocycles. The van der Waals surface area contributed by atoms with Crippen LogP contribution in [-0.4, -0.2) is 22.4 Å². The van der Waals surface area contributed by atoms with Crippen LogP contribution in [0.4, 0.5) is 5.13 Å². The summed E-state index contributed by atoms with van der Waals surface area (Å²) in [5.74, 6) is 0.440. The fourth-order valence-corrected chi connectivity index (χ4v) is 2.90. The minimum Gasteiger partial charge on any atom is -0.300 e. The highest BCUT2D eigenvalue weighted by Crippen LogP contribution is 2.23. The summed E-state index contributed by atoms with van der Waals surface area (Å²) in [7, 11) is 0. The second kappa shape index (κ2) is 6.85. The molecule has 106 valence electrons. The van der Waals surface area contributed by atoms with Crippen LogP contribution < -0.4 is 5.32 Å². The molecule has 0 bridgehead atoms. The SMILES string of the molecule is CSc1nnc(NC(=O)Cc2ccc(C(C)C)cc2)s1. The summed E-state index contributed by atoms with van der Waals surface area (Å²) in [5.41, 5.74) is 2.28. The number of hydrogen-bond donors (Lipinski definition) is 1. The predicted molar refractivity (Wildman–Crippen MR) is 84.6 cm³/mol. The quantitative estimate of drug-likeness (QED) is 0.678. The molecular formula is C14H17N3OS2. The number of hydrogen-bond acceptors (Lipinski definition) is 5. The molecule has 0 fully saturated rings. The van der Waals surface area contributed by atoms with Crippen LogP contribution in [0, 0.1) is 0 Å². The molecule has 0 aliphatic carbocycles. The third-order valence-corrected chi connectivity index (χ3v) is 4.65. The van der Waals surface area contributed by atoms with E-state index in [1.165, 1.54) is 28.7 Å². The van der Waals surface area contributed by atoms with Gasteiger partial charge >= 0.3 is 0 Å². The molecule has 1 amide bonds. The number of benzene rings is 1.